The van der Waals surface area contributed by atoms with Gasteiger partial charge in [-0.25, -0.2) is 8.42 Å². The van der Waals surface area contributed by atoms with Crippen LogP contribution >= 0.6 is 22.6 Å². The number of hydrogen-bond donors (Lipinski definition) is 1. The second-order valence-electron chi connectivity index (χ2n) is 5.89. The van der Waals surface area contributed by atoms with Gasteiger partial charge >= 0.3 is 0 Å². The van der Waals surface area contributed by atoms with Crippen LogP contribution in [0, 0.1) is 3.57 Å². The first-order valence-corrected chi connectivity index (χ1v) is 10.9. The van der Waals surface area contributed by atoms with Crippen molar-refractivity contribution in [3.63, 3.8) is 0 Å². The number of amides is 1. The predicted molar refractivity (Wildman–Crippen MR) is 113 cm³/mol. The lowest BCUT2D eigenvalue weighted by molar-refractivity contribution is -0.111. The van der Waals surface area contributed by atoms with Crippen molar-refractivity contribution < 1.29 is 17.9 Å². The summed E-state index contributed by atoms with van der Waals surface area (Å²) in [4.78, 5) is 12.3. The maximum atomic E-state index is 12.6. The maximum Gasteiger partial charge on any atom is 0.248 e. The number of ether oxygens (including phenoxy) is 1. The van der Waals surface area contributed by atoms with Gasteiger partial charge in [0.2, 0.25) is 15.9 Å². The van der Waals surface area contributed by atoms with Crippen LogP contribution in [-0.4, -0.2) is 44.9 Å². The van der Waals surface area contributed by atoms with Gasteiger partial charge in [0.1, 0.15) is 0 Å². The summed E-state index contributed by atoms with van der Waals surface area (Å²) in [6.07, 6.45) is 3.07. The second-order valence-corrected chi connectivity index (χ2v) is 8.99. The fourth-order valence-electron chi connectivity index (χ4n) is 2.60. The molecule has 1 heterocycles. The number of anilines is 1. The Morgan fingerprint density at radius 1 is 1.07 bits per heavy atom. The zero-order chi connectivity index (χ0) is 19.3. The molecule has 0 spiro atoms. The summed E-state index contributed by atoms with van der Waals surface area (Å²) in [5.41, 5.74) is 1.49. The van der Waals surface area contributed by atoms with Crippen LogP contribution in [0.1, 0.15) is 5.56 Å². The van der Waals surface area contributed by atoms with E-state index in [2.05, 4.69) is 27.9 Å². The number of nitrogens with one attached hydrogen (secondary N) is 1. The second kappa shape index (κ2) is 8.96. The minimum atomic E-state index is -3.51. The molecule has 8 heteroatoms. The fraction of sp³-hybridized carbons (Fsp3) is 0.211. The van der Waals surface area contributed by atoms with E-state index in [4.69, 9.17) is 4.74 Å². The molecule has 2 aromatic carbocycles. The number of halogens is 1. The van der Waals surface area contributed by atoms with Gasteiger partial charge in [-0.2, -0.15) is 4.31 Å². The molecule has 1 fully saturated rings. The SMILES string of the molecule is O=C(/C=C/c1ccc(S(=O)(=O)N2CCOCC2)cc1)Nc1ccccc1I. The van der Waals surface area contributed by atoms with Gasteiger partial charge < -0.3 is 10.1 Å². The third-order valence-corrected chi connectivity index (χ3v) is 6.90. The first kappa shape index (κ1) is 20.0. The highest BCUT2D eigenvalue weighted by Gasteiger charge is 2.25. The monoisotopic (exact) mass is 498 g/mol. The van der Waals surface area contributed by atoms with Crippen LogP contribution in [0.15, 0.2) is 59.5 Å². The molecule has 0 aliphatic carbocycles. The number of rotatable bonds is 5. The quantitative estimate of drug-likeness (QED) is 0.508. The van der Waals surface area contributed by atoms with Crippen molar-refractivity contribution in [2.75, 3.05) is 31.6 Å². The van der Waals surface area contributed by atoms with Gasteiger partial charge in [-0.1, -0.05) is 24.3 Å². The first-order chi connectivity index (χ1) is 13.0. The first-order valence-electron chi connectivity index (χ1n) is 8.38. The molecule has 1 aliphatic heterocycles. The van der Waals surface area contributed by atoms with Gasteiger partial charge in [0.05, 0.1) is 23.8 Å². The molecule has 3 rings (SSSR count). The molecule has 27 heavy (non-hydrogen) atoms. The van der Waals surface area contributed by atoms with Crippen LogP contribution in [0.5, 0.6) is 0 Å². The molecule has 0 atom stereocenters. The van der Waals surface area contributed by atoms with E-state index in [9.17, 15) is 13.2 Å². The molecule has 1 N–H and O–H groups in total. The zero-order valence-electron chi connectivity index (χ0n) is 14.5. The molecule has 1 amide bonds. The van der Waals surface area contributed by atoms with Gasteiger partial charge in [0, 0.05) is 22.7 Å². The maximum absolute atomic E-state index is 12.6. The van der Waals surface area contributed by atoms with Gasteiger partial charge in [0.15, 0.2) is 0 Å². The molecule has 1 aliphatic rings. The summed E-state index contributed by atoms with van der Waals surface area (Å²) in [6.45, 7) is 1.55. The van der Waals surface area contributed by atoms with E-state index in [1.165, 1.54) is 10.4 Å². The van der Waals surface area contributed by atoms with Crippen molar-refractivity contribution in [2.45, 2.75) is 4.90 Å². The molecular formula is C19H19IN2O4S. The summed E-state index contributed by atoms with van der Waals surface area (Å²) < 4.78 is 32.8. The molecule has 0 bridgehead atoms. The van der Waals surface area contributed by atoms with Crippen molar-refractivity contribution in [3.8, 4) is 0 Å². The molecule has 142 valence electrons. The summed E-state index contributed by atoms with van der Waals surface area (Å²) >= 11 is 2.16. The molecular weight excluding hydrogens is 479 g/mol. The van der Waals surface area contributed by atoms with Crippen molar-refractivity contribution in [1.82, 2.24) is 4.31 Å². The molecule has 2 aromatic rings. The summed E-state index contributed by atoms with van der Waals surface area (Å²) in [7, 11) is -3.51. The Hall–Kier alpha value is -1.75. The number of para-hydroxylation sites is 1. The Balaban J connectivity index is 1.65. The highest BCUT2D eigenvalue weighted by Crippen LogP contribution is 2.19. The smallest absolute Gasteiger partial charge is 0.248 e. The van der Waals surface area contributed by atoms with E-state index in [0.717, 1.165) is 14.8 Å². The third-order valence-electron chi connectivity index (χ3n) is 4.05. The van der Waals surface area contributed by atoms with Gasteiger partial charge in [-0.05, 0) is 58.5 Å². The van der Waals surface area contributed by atoms with Crippen LogP contribution in [0.2, 0.25) is 0 Å². The molecule has 0 unspecified atom stereocenters. The average molecular weight is 498 g/mol. The van der Waals surface area contributed by atoms with Gasteiger partial charge in [-0.15, -0.1) is 0 Å². The number of morpholine rings is 1. The lowest BCUT2D eigenvalue weighted by Crippen LogP contribution is -2.40. The number of carbonyl (C=O) groups is 1. The number of benzene rings is 2. The molecule has 0 aromatic heterocycles. The molecule has 1 saturated heterocycles. The Bertz CT molecular complexity index is 936. The zero-order valence-corrected chi connectivity index (χ0v) is 17.4. The van der Waals surface area contributed by atoms with Crippen LogP contribution in [0.4, 0.5) is 5.69 Å². The molecule has 0 saturated carbocycles. The molecule has 6 nitrogen and oxygen atoms in total. The highest BCUT2D eigenvalue weighted by atomic mass is 127. The Labute approximate surface area is 172 Å². The predicted octanol–water partition coefficient (Wildman–Crippen LogP) is 2.96. The van der Waals surface area contributed by atoms with E-state index in [1.54, 1.807) is 30.3 Å². The standard InChI is InChI=1S/C19H19IN2O4S/c20-17-3-1-2-4-18(17)21-19(23)10-7-15-5-8-16(9-6-15)27(24,25)22-11-13-26-14-12-22/h1-10H,11-14H2,(H,21,23)/b10-7+. The minimum absolute atomic E-state index is 0.241. The number of sulfonamides is 1. The van der Waals surface area contributed by atoms with E-state index >= 15 is 0 Å². The van der Waals surface area contributed by atoms with Crippen molar-refractivity contribution in [3.05, 3.63) is 63.7 Å². The minimum Gasteiger partial charge on any atom is -0.379 e. The van der Waals surface area contributed by atoms with Crippen molar-refractivity contribution in [1.29, 1.82) is 0 Å². The van der Waals surface area contributed by atoms with Gasteiger partial charge in [-0.3, -0.25) is 4.79 Å². The normalized spacial score (nSPS) is 15.7. The van der Waals surface area contributed by atoms with E-state index in [1.807, 2.05) is 24.3 Å². The topological polar surface area (TPSA) is 75.7 Å². The Morgan fingerprint density at radius 3 is 2.41 bits per heavy atom. The lowest BCUT2D eigenvalue weighted by atomic mass is 10.2. The number of carbonyl (C=O) groups excluding carboxylic acids is 1. The number of hydrogen-bond acceptors (Lipinski definition) is 4. The van der Waals surface area contributed by atoms with E-state index in [0.29, 0.717) is 26.3 Å². The Morgan fingerprint density at radius 2 is 1.74 bits per heavy atom. The third kappa shape index (κ3) is 5.16. The Kier molecular flexibility index (Phi) is 6.64. The van der Waals surface area contributed by atoms with E-state index in [-0.39, 0.29) is 10.8 Å². The van der Waals surface area contributed by atoms with Crippen LogP contribution in [0.3, 0.4) is 0 Å². The average Bonchev–Trinajstić information content (AvgIpc) is 2.69. The van der Waals surface area contributed by atoms with E-state index < -0.39 is 10.0 Å². The van der Waals surface area contributed by atoms with Crippen LogP contribution < -0.4 is 5.32 Å². The van der Waals surface area contributed by atoms with Crippen LogP contribution in [0.25, 0.3) is 6.08 Å². The summed E-state index contributed by atoms with van der Waals surface area (Å²) in [5.74, 6) is -0.246. The number of nitrogens with zero attached hydrogens (tertiary/aromatic N) is 1. The van der Waals surface area contributed by atoms with Gasteiger partial charge in [0.25, 0.3) is 0 Å². The van der Waals surface area contributed by atoms with Crippen molar-refractivity contribution >= 4 is 50.3 Å². The van der Waals surface area contributed by atoms with Crippen LogP contribution in [-0.2, 0) is 19.6 Å². The summed E-state index contributed by atoms with van der Waals surface area (Å²) in [5, 5.41) is 2.81. The summed E-state index contributed by atoms with van der Waals surface area (Å²) in [6, 6.07) is 14.0. The lowest BCUT2D eigenvalue weighted by Gasteiger charge is -2.26. The van der Waals surface area contributed by atoms with Crippen molar-refractivity contribution in [2.24, 2.45) is 0 Å². The molecule has 0 radical (unpaired) electrons. The largest absolute Gasteiger partial charge is 0.379 e. The highest BCUT2D eigenvalue weighted by molar-refractivity contribution is 14.1. The fourth-order valence-corrected chi connectivity index (χ4v) is 4.53.